The van der Waals surface area contributed by atoms with Gasteiger partial charge < -0.3 is 10.1 Å². The van der Waals surface area contributed by atoms with Gasteiger partial charge >= 0.3 is 0 Å². The molecule has 0 saturated carbocycles. The molecular weight excluding hydrogens is 297 g/mol. The van der Waals surface area contributed by atoms with Crippen LogP contribution < -0.4 is 5.32 Å². The van der Waals surface area contributed by atoms with Crippen LogP contribution in [0.25, 0.3) is 0 Å². The van der Waals surface area contributed by atoms with E-state index in [1.54, 1.807) is 0 Å². The highest BCUT2D eigenvalue weighted by molar-refractivity contribution is 9.10. The summed E-state index contributed by atoms with van der Waals surface area (Å²) in [5.74, 6) is 0.259. The van der Waals surface area contributed by atoms with Gasteiger partial charge in [-0.05, 0) is 37.1 Å². The van der Waals surface area contributed by atoms with E-state index in [1.807, 2.05) is 6.07 Å². The zero-order valence-electron chi connectivity index (χ0n) is 10.6. The minimum absolute atomic E-state index is 0.200. The van der Waals surface area contributed by atoms with Crippen molar-refractivity contribution in [2.24, 2.45) is 5.92 Å². The van der Waals surface area contributed by atoms with E-state index in [9.17, 15) is 4.39 Å². The molecule has 1 aliphatic heterocycles. The van der Waals surface area contributed by atoms with Crippen molar-refractivity contribution >= 4 is 15.9 Å². The molecule has 1 saturated heterocycles. The first-order chi connectivity index (χ1) is 8.70. The fourth-order valence-electron chi connectivity index (χ4n) is 2.50. The maximum absolute atomic E-state index is 13.1. The lowest BCUT2D eigenvalue weighted by Gasteiger charge is -2.32. The number of hydrogen-bond donors (Lipinski definition) is 1. The Morgan fingerprint density at radius 1 is 1.50 bits per heavy atom. The molecule has 1 aromatic rings. The Hall–Kier alpha value is -0.450. The second kappa shape index (κ2) is 6.64. The largest absolute Gasteiger partial charge is 0.381 e. The summed E-state index contributed by atoms with van der Waals surface area (Å²) >= 11 is 3.43. The predicted molar refractivity (Wildman–Crippen MR) is 74.2 cm³/mol. The van der Waals surface area contributed by atoms with Crippen molar-refractivity contribution in [3.63, 3.8) is 0 Å². The lowest BCUT2D eigenvalue weighted by molar-refractivity contribution is 0.0326. The van der Waals surface area contributed by atoms with Crippen molar-refractivity contribution in [2.45, 2.75) is 25.8 Å². The zero-order valence-corrected chi connectivity index (χ0v) is 12.2. The van der Waals surface area contributed by atoms with Crippen molar-refractivity contribution in [3.05, 3.63) is 34.1 Å². The van der Waals surface area contributed by atoms with Gasteiger partial charge in [0.2, 0.25) is 0 Å². The molecule has 0 spiro atoms. The van der Waals surface area contributed by atoms with Crippen molar-refractivity contribution in [2.75, 3.05) is 19.8 Å². The Labute approximate surface area is 116 Å². The van der Waals surface area contributed by atoms with Gasteiger partial charge in [-0.2, -0.15) is 0 Å². The summed E-state index contributed by atoms with van der Waals surface area (Å²) < 4.78 is 19.5. The van der Waals surface area contributed by atoms with Gasteiger partial charge in [-0.25, -0.2) is 4.39 Å². The molecule has 2 rings (SSSR count). The Morgan fingerprint density at radius 2 is 2.33 bits per heavy atom. The minimum atomic E-state index is -0.200. The van der Waals surface area contributed by atoms with E-state index in [-0.39, 0.29) is 5.82 Å². The maximum Gasteiger partial charge on any atom is 0.124 e. The monoisotopic (exact) mass is 315 g/mol. The summed E-state index contributed by atoms with van der Waals surface area (Å²) in [4.78, 5) is 0. The molecule has 0 aromatic heterocycles. The zero-order chi connectivity index (χ0) is 13.0. The van der Waals surface area contributed by atoms with Crippen LogP contribution in [-0.2, 0) is 11.2 Å². The van der Waals surface area contributed by atoms with Crippen molar-refractivity contribution in [1.29, 1.82) is 0 Å². The van der Waals surface area contributed by atoms with Crippen molar-refractivity contribution < 1.29 is 9.13 Å². The first kappa shape index (κ1) is 14.0. The van der Waals surface area contributed by atoms with E-state index in [4.69, 9.17) is 4.74 Å². The minimum Gasteiger partial charge on any atom is -0.381 e. The summed E-state index contributed by atoms with van der Waals surface area (Å²) in [6.07, 6.45) is 1.97. The summed E-state index contributed by atoms with van der Waals surface area (Å²) in [5, 5.41) is 3.52. The van der Waals surface area contributed by atoms with E-state index in [1.165, 1.54) is 12.1 Å². The topological polar surface area (TPSA) is 21.3 Å². The average Bonchev–Trinajstić information content (AvgIpc) is 2.35. The van der Waals surface area contributed by atoms with Gasteiger partial charge in [-0.15, -0.1) is 0 Å². The quantitative estimate of drug-likeness (QED) is 0.921. The predicted octanol–water partition coefficient (Wildman–Crippen LogP) is 3.15. The van der Waals surface area contributed by atoms with Crippen LogP contribution in [0.2, 0.25) is 0 Å². The van der Waals surface area contributed by atoms with Crippen LogP contribution in [0.15, 0.2) is 22.7 Å². The molecule has 18 heavy (non-hydrogen) atoms. The van der Waals surface area contributed by atoms with Crippen molar-refractivity contribution in [1.82, 2.24) is 5.32 Å². The van der Waals surface area contributed by atoms with E-state index in [0.717, 1.165) is 42.6 Å². The number of halogens is 2. The summed E-state index contributed by atoms with van der Waals surface area (Å²) in [6, 6.07) is 5.41. The molecular formula is C14H19BrFNO. The third-order valence-corrected chi connectivity index (χ3v) is 4.18. The van der Waals surface area contributed by atoms with Crippen LogP contribution in [0.1, 0.15) is 18.9 Å². The van der Waals surface area contributed by atoms with Crippen LogP contribution in [0.3, 0.4) is 0 Å². The molecule has 100 valence electrons. The van der Waals surface area contributed by atoms with E-state index in [2.05, 4.69) is 28.2 Å². The molecule has 0 bridgehead atoms. The summed E-state index contributed by atoms with van der Waals surface area (Å²) in [6.45, 7) is 4.71. The van der Waals surface area contributed by atoms with Gasteiger partial charge in [-0.3, -0.25) is 0 Å². The van der Waals surface area contributed by atoms with Gasteiger partial charge in [0.05, 0.1) is 6.61 Å². The molecule has 0 radical (unpaired) electrons. The number of hydrogen-bond acceptors (Lipinski definition) is 2. The van der Waals surface area contributed by atoms with Crippen LogP contribution >= 0.6 is 15.9 Å². The standard InChI is InChI=1S/C14H19BrFNO/c1-2-17-14-5-6-18-9-11(14)7-10-3-4-12(16)8-13(10)15/h3-4,8,11,14,17H,2,5-7,9H2,1H3. The second-order valence-corrected chi connectivity index (χ2v) is 5.58. The normalized spacial score (nSPS) is 24.2. The molecule has 2 atom stereocenters. The smallest absolute Gasteiger partial charge is 0.124 e. The Morgan fingerprint density at radius 3 is 3.06 bits per heavy atom. The molecule has 0 amide bonds. The third kappa shape index (κ3) is 3.53. The fourth-order valence-corrected chi connectivity index (χ4v) is 3.01. The highest BCUT2D eigenvalue weighted by Crippen LogP contribution is 2.25. The maximum atomic E-state index is 13.1. The lowest BCUT2D eigenvalue weighted by atomic mass is 9.89. The fraction of sp³-hybridized carbons (Fsp3) is 0.571. The second-order valence-electron chi connectivity index (χ2n) is 4.73. The Balaban J connectivity index is 2.06. The summed E-state index contributed by atoms with van der Waals surface area (Å²) in [5.41, 5.74) is 1.15. The molecule has 0 aliphatic carbocycles. The van der Waals surface area contributed by atoms with E-state index >= 15 is 0 Å². The average molecular weight is 316 g/mol. The summed E-state index contributed by atoms with van der Waals surface area (Å²) in [7, 11) is 0. The van der Waals surface area contributed by atoms with Crippen LogP contribution in [-0.4, -0.2) is 25.8 Å². The molecule has 2 unspecified atom stereocenters. The highest BCUT2D eigenvalue weighted by atomic mass is 79.9. The van der Waals surface area contributed by atoms with Gasteiger partial charge in [-0.1, -0.05) is 28.9 Å². The molecule has 1 aromatic carbocycles. The lowest BCUT2D eigenvalue weighted by Crippen LogP contribution is -2.43. The molecule has 1 N–H and O–H groups in total. The Bertz CT molecular complexity index is 397. The molecule has 2 nitrogen and oxygen atoms in total. The molecule has 4 heteroatoms. The van der Waals surface area contributed by atoms with Crippen molar-refractivity contribution in [3.8, 4) is 0 Å². The van der Waals surface area contributed by atoms with E-state index < -0.39 is 0 Å². The van der Waals surface area contributed by atoms with Crippen LogP contribution in [0, 0.1) is 11.7 Å². The molecule has 1 aliphatic rings. The SMILES string of the molecule is CCNC1CCOCC1Cc1ccc(F)cc1Br. The highest BCUT2D eigenvalue weighted by Gasteiger charge is 2.25. The number of ether oxygens (including phenoxy) is 1. The van der Waals surface area contributed by atoms with Gasteiger partial charge in [0.25, 0.3) is 0 Å². The number of benzene rings is 1. The van der Waals surface area contributed by atoms with Gasteiger partial charge in [0.15, 0.2) is 0 Å². The van der Waals surface area contributed by atoms with Gasteiger partial charge in [0.1, 0.15) is 5.82 Å². The first-order valence-electron chi connectivity index (χ1n) is 6.45. The molecule has 1 fully saturated rings. The van der Waals surface area contributed by atoms with Crippen LogP contribution in [0.5, 0.6) is 0 Å². The number of rotatable bonds is 4. The van der Waals surface area contributed by atoms with Crippen LogP contribution in [0.4, 0.5) is 4.39 Å². The third-order valence-electron chi connectivity index (χ3n) is 3.44. The van der Waals surface area contributed by atoms with E-state index in [0.29, 0.717) is 12.0 Å². The number of nitrogens with one attached hydrogen (secondary N) is 1. The first-order valence-corrected chi connectivity index (χ1v) is 7.25. The Kier molecular flexibility index (Phi) is 5.15. The van der Waals surface area contributed by atoms with Gasteiger partial charge in [0, 0.05) is 23.0 Å². The molecule has 1 heterocycles.